The van der Waals surface area contributed by atoms with E-state index in [1.54, 1.807) is 34.7 Å². The van der Waals surface area contributed by atoms with Crippen molar-refractivity contribution in [3.63, 3.8) is 0 Å². The van der Waals surface area contributed by atoms with Gasteiger partial charge in [-0.3, -0.25) is 4.90 Å². The lowest BCUT2D eigenvalue weighted by atomic mass is 10.2. The third-order valence-electron chi connectivity index (χ3n) is 4.68. The van der Waals surface area contributed by atoms with Crippen LogP contribution in [0.5, 0.6) is 0 Å². The maximum Gasteiger partial charge on any atom is 0.326 e. The molecule has 0 aromatic carbocycles. The molecule has 0 saturated carbocycles. The number of thioether (sulfide) groups is 1. The van der Waals surface area contributed by atoms with Gasteiger partial charge in [0, 0.05) is 31.9 Å². The summed E-state index contributed by atoms with van der Waals surface area (Å²) in [6.07, 6.45) is 2.00. The van der Waals surface area contributed by atoms with E-state index in [1.807, 2.05) is 25.7 Å². The highest BCUT2D eigenvalue weighted by molar-refractivity contribution is 7.99. The van der Waals surface area contributed by atoms with Crippen LogP contribution < -0.4 is 15.1 Å². The van der Waals surface area contributed by atoms with Gasteiger partial charge in [0.2, 0.25) is 5.95 Å². The van der Waals surface area contributed by atoms with Crippen LogP contribution in [-0.4, -0.2) is 75.8 Å². The van der Waals surface area contributed by atoms with Crippen LogP contribution in [0.1, 0.15) is 34.1 Å². The molecule has 1 atom stereocenters. The van der Waals surface area contributed by atoms with Crippen LogP contribution in [0, 0.1) is 0 Å². The first kappa shape index (κ1) is 22.1. The highest BCUT2D eigenvalue weighted by Crippen LogP contribution is 2.28. The van der Waals surface area contributed by atoms with Crippen LogP contribution in [-0.2, 0) is 4.79 Å². The van der Waals surface area contributed by atoms with Gasteiger partial charge in [0.25, 0.3) is 0 Å². The number of hydrogen-bond acceptors (Lipinski definition) is 7. The molecule has 2 heterocycles. The minimum Gasteiger partial charge on any atom is -0.480 e. The van der Waals surface area contributed by atoms with Crippen molar-refractivity contribution >= 4 is 41.2 Å². The van der Waals surface area contributed by atoms with E-state index in [4.69, 9.17) is 0 Å². The summed E-state index contributed by atoms with van der Waals surface area (Å²) in [4.78, 5) is 38.9. The number of carboxylic acid groups (broad SMARTS) is 1. The number of amides is 2. The summed E-state index contributed by atoms with van der Waals surface area (Å²) in [7, 11) is 0. The van der Waals surface area contributed by atoms with E-state index < -0.39 is 12.0 Å². The first-order valence-corrected chi connectivity index (χ1v) is 10.9. The van der Waals surface area contributed by atoms with E-state index in [2.05, 4.69) is 15.3 Å². The number of carboxylic acids is 1. The fourth-order valence-electron chi connectivity index (χ4n) is 2.98. The topological polar surface area (TPSA) is 102 Å². The molecule has 2 rings (SSSR count). The molecule has 10 heteroatoms. The SMILES string of the molecule is CCC(Nc1nc(N(CC)CC)ncc1N(CC)C(=O)N1CCSC1)C(=O)O. The Labute approximate surface area is 170 Å². The fraction of sp³-hybridized carbons (Fsp3) is 0.667. The molecule has 2 N–H and O–H groups in total. The molecular weight excluding hydrogens is 380 g/mol. The number of nitrogens with one attached hydrogen (secondary N) is 1. The molecule has 1 unspecified atom stereocenters. The van der Waals surface area contributed by atoms with Crippen LogP contribution >= 0.6 is 11.8 Å². The summed E-state index contributed by atoms with van der Waals surface area (Å²) in [5.41, 5.74) is 0.500. The van der Waals surface area contributed by atoms with Gasteiger partial charge in [-0.2, -0.15) is 4.98 Å². The number of anilines is 3. The van der Waals surface area contributed by atoms with Crippen molar-refractivity contribution in [1.82, 2.24) is 14.9 Å². The van der Waals surface area contributed by atoms with Crippen molar-refractivity contribution in [1.29, 1.82) is 0 Å². The molecule has 0 bridgehead atoms. The molecule has 2 amide bonds. The Morgan fingerprint density at radius 1 is 1.29 bits per heavy atom. The Balaban J connectivity index is 2.44. The van der Waals surface area contributed by atoms with Crippen LogP contribution in [0.25, 0.3) is 0 Å². The van der Waals surface area contributed by atoms with E-state index in [0.29, 0.717) is 42.8 Å². The van der Waals surface area contributed by atoms with Crippen LogP contribution in [0.15, 0.2) is 6.20 Å². The Kier molecular flexibility index (Phi) is 8.16. The van der Waals surface area contributed by atoms with Gasteiger partial charge >= 0.3 is 12.0 Å². The van der Waals surface area contributed by atoms with Gasteiger partial charge in [-0.15, -0.1) is 11.8 Å². The molecule has 1 fully saturated rings. The Morgan fingerprint density at radius 3 is 2.50 bits per heavy atom. The van der Waals surface area contributed by atoms with Gasteiger partial charge < -0.3 is 20.2 Å². The second kappa shape index (κ2) is 10.4. The third-order valence-corrected chi connectivity index (χ3v) is 5.65. The molecule has 1 aromatic rings. The van der Waals surface area contributed by atoms with Crippen LogP contribution in [0.2, 0.25) is 0 Å². The molecule has 9 nitrogen and oxygen atoms in total. The number of nitrogens with zero attached hydrogens (tertiary/aromatic N) is 5. The summed E-state index contributed by atoms with van der Waals surface area (Å²) in [5.74, 6) is 1.50. The Hall–Kier alpha value is -2.23. The number of hydrogen-bond donors (Lipinski definition) is 2. The maximum absolute atomic E-state index is 13.0. The van der Waals surface area contributed by atoms with Crippen molar-refractivity contribution in [2.24, 2.45) is 0 Å². The number of urea groups is 1. The zero-order chi connectivity index (χ0) is 20.7. The number of aliphatic carboxylic acids is 1. The van der Waals surface area contributed by atoms with E-state index in [1.165, 1.54) is 0 Å². The summed E-state index contributed by atoms with van der Waals surface area (Å²) < 4.78 is 0. The van der Waals surface area contributed by atoms with Gasteiger partial charge in [0.05, 0.1) is 12.1 Å². The number of rotatable bonds is 9. The minimum atomic E-state index is -0.957. The number of carbonyl (C=O) groups is 2. The van der Waals surface area contributed by atoms with E-state index >= 15 is 0 Å². The van der Waals surface area contributed by atoms with Gasteiger partial charge in [-0.05, 0) is 27.2 Å². The second-order valence-corrected chi connectivity index (χ2v) is 7.42. The lowest BCUT2D eigenvalue weighted by molar-refractivity contribution is -0.137. The lowest BCUT2D eigenvalue weighted by Gasteiger charge is -2.29. The summed E-state index contributed by atoms with van der Waals surface area (Å²) in [5, 5.41) is 12.5. The minimum absolute atomic E-state index is 0.113. The third kappa shape index (κ3) is 4.98. The second-order valence-electron chi connectivity index (χ2n) is 6.35. The van der Waals surface area contributed by atoms with Crippen molar-refractivity contribution in [3.8, 4) is 0 Å². The smallest absolute Gasteiger partial charge is 0.326 e. The largest absolute Gasteiger partial charge is 0.480 e. The van der Waals surface area contributed by atoms with Crippen molar-refractivity contribution in [2.75, 3.05) is 52.9 Å². The maximum atomic E-state index is 13.0. The molecule has 28 heavy (non-hydrogen) atoms. The van der Waals surface area contributed by atoms with Crippen LogP contribution in [0.3, 0.4) is 0 Å². The Morgan fingerprint density at radius 2 is 2.00 bits per heavy atom. The van der Waals surface area contributed by atoms with E-state index in [9.17, 15) is 14.7 Å². The summed E-state index contributed by atoms with van der Waals surface area (Å²) in [6.45, 7) is 10.3. The highest BCUT2D eigenvalue weighted by Gasteiger charge is 2.28. The molecule has 1 saturated heterocycles. The van der Waals surface area contributed by atoms with Gasteiger partial charge in [-0.25, -0.2) is 14.6 Å². The first-order valence-electron chi connectivity index (χ1n) is 9.72. The normalized spacial score (nSPS) is 14.6. The quantitative estimate of drug-likeness (QED) is 0.640. The average Bonchev–Trinajstić information content (AvgIpc) is 3.23. The van der Waals surface area contributed by atoms with Gasteiger partial charge in [0.1, 0.15) is 11.7 Å². The molecular formula is C18H30N6O3S. The van der Waals surface area contributed by atoms with Crippen LogP contribution in [0.4, 0.5) is 22.2 Å². The first-order chi connectivity index (χ1) is 13.5. The molecule has 1 aliphatic rings. The zero-order valence-corrected chi connectivity index (χ0v) is 17.8. The molecule has 1 aliphatic heterocycles. The molecule has 1 aromatic heterocycles. The summed E-state index contributed by atoms with van der Waals surface area (Å²) in [6, 6.07) is -0.910. The van der Waals surface area contributed by atoms with Crippen molar-refractivity contribution in [2.45, 2.75) is 40.2 Å². The van der Waals surface area contributed by atoms with E-state index in [0.717, 1.165) is 18.8 Å². The van der Waals surface area contributed by atoms with Crippen molar-refractivity contribution in [3.05, 3.63) is 6.20 Å². The standard InChI is InChI=1S/C18H30N6O3S/c1-5-13(16(25)26)20-15-14(11-19-17(21-15)22(6-2)7-3)24(8-4)18(27)23-9-10-28-12-23/h11,13H,5-10,12H2,1-4H3,(H,25,26)(H,19,20,21). The number of carbonyl (C=O) groups excluding carboxylic acids is 1. The molecule has 0 spiro atoms. The Bertz CT molecular complexity index is 679. The molecule has 0 aliphatic carbocycles. The predicted molar refractivity (Wildman–Crippen MR) is 113 cm³/mol. The zero-order valence-electron chi connectivity index (χ0n) is 17.0. The van der Waals surface area contributed by atoms with Gasteiger partial charge in [0.15, 0.2) is 5.82 Å². The highest BCUT2D eigenvalue weighted by atomic mass is 32.2. The number of aromatic nitrogens is 2. The predicted octanol–water partition coefficient (Wildman–Crippen LogP) is 2.55. The average molecular weight is 411 g/mol. The molecule has 156 valence electrons. The lowest BCUT2D eigenvalue weighted by Crippen LogP contribution is -2.43. The van der Waals surface area contributed by atoms with E-state index in [-0.39, 0.29) is 6.03 Å². The monoisotopic (exact) mass is 410 g/mol. The summed E-state index contributed by atoms with van der Waals surface area (Å²) >= 11 is 1.72. The molecule has 0 radical (unpaired) electrons. The van der Waals surface area contributed by atoms with Gasteiger partial charge in [-0.1, -0.05) is 6.92 Å². The fourth-order valence-corrected chi connectivity index (χ4v) is 3.91. The van der Waals surface area contributed by atoms with Crippen molar-refractivity contribution < 1.29 is 14.7 Å².